The van der Waals surface area contributed by atoms with E-state index in [0.717, 1.165) is 19.3 Å². The predicted octanol–water partition coefficient (Wildman–Crippen LogP) is 3.30. The lowest BCUT2D eigenvalue weighted by Crippen LogP contribution is -2.35. The van der Waals surface area contributed by atoms with Gasteiger partial charge in [-0.3, -0.25) is 14.5 Å². The van der Waals surface area contributed by atoms with Gasteiger partial charge in [0.15, 0.2) is 12.3 Å². The van der Waals surface area contributed by atoms with E-state index in [0.29, 0.717) is 23.0 Å². The van der Waals surface area contributed by atoms with E-state index in [9.17, 15) is 14.4 Å². The fourth-order valence-corrected chi connectivity index (χ4v) is 3.32. The van der Waals surface area contributed by atoms with Crippen molar-refractivity contribution in [3.05, 3.63) is 70.6 Å². The molecule has 0 radical (unpaired) electrons. The standard InChI is InChI=1S/C24H24N4O4/c1-2-3-9-15-28-23(30)20-13-8-7-12-19(20)22(26-28)24(31)32-17-21(29)27(16-14-25)18-10-5-4-6-11-18/h4-8,10-13H,2-3,9,15-17H2,1H3. The van der Waals surface area contributed by atoms with Crippen LogP contribution < -0.4 is 10.5 Å². The zero-order valence-electron chi connectivity index (χ0n) is 17.9. The highest BCUT2D eigenvalue weighted by molar-refractivity contribution is 6.03. The van der Waals surface area contributed by atoms with Crippen molar-refractivity contribution < 1.29 is 14.3 Å². The fraction of sp³-hybridized carbons (Fsp3) is 0.292. The van der Waals surface area contributed by atoms with Gasteiger partial charge in [0.1, 0.15) is 6.54 Å². The van der Waals surface area contributed by atoms with Crippen molar-refractivity contribution >= 4 is 28.3 Å². The number of rotatable bonds is 9. The van der Waals surface area contributed by atoms with E-state index in [1.165, 1.54) is 9.58 Å². The van der Waals surface area contributed by atoms with Gasteiger partial charge in [0.2, 0.25) is 0 Å². The van der Waals surface area contributed by atoms with Gasteiger partial charge in [-0.15, -0.1) is 0 Å². The molecule has 0 aliphatic rings. The van der Waals surface area contributed by atoms with Crippen molar-refractivity contribution in [2.24, 2.45) is 0 Å². The molecule has 2 aromatic carbocycles. The molecule has 0 N–H and O–H groups in total. The number of hydrogen-bond donors (Lipinski definition) is 0. The van der Waals surface area contributed by atoms with Gasteiger partial charge in [0.25, 0.3) is 11.5 Å². The quantitative estimate of drug-likeness (QED) is 0.292. The molecular weight excluding hydrogens is 408 g/mol. The molecule has 1 aromatic heterocycles. The molecule has 3 rings (SSSR count). The maximum absolute atomic E-state index is 12.8. The Balaban J connectivity index is 1.83. The number of benzene rings is 2. The van der Waals surface area contributed by atoms with E-state index in [1.54, 1.807) is 54.6 Å². The Labute approximate surface area is 185 Å². The summed E-state index contributed by atoms with van der Waals surface area (Å²) in [5, 5.41) is 14.1. The van der Waals surface area contributed by atoms with E-state index < -0.39 is 18.5 Å². The number of aromatic nitrogens is 2. The minimum atomic E-state index is -0.802. The summed E-state index contributed by atoms with van der Waals surface area (Å²) in [7, 11) is 0. The Morgan fingerprint density at radius 3 is 2.44 bits per heavy atom. The molecule has 1 amide bonds. The number of anilines is 1. The number of aryl methyl sites for hydroxylation is 1. The lowest BCUT2D eigenvalue weighted by Gasteiger charge is -2.19. The Kier molecular flexibility index (Phi) is 7.70. The predicted molar refractivity (Wildman–Crippen MR) is 120 cm³/mol. The maximum Gasteiger partial charge on any atom is 0.359 e. The van der Waals surface area contributed by atoms with Gasteiger partial charge in [-0.05, 0) is 24.6 Å². The first-order chi connectivity index (χ1) is 15.6. The lowest BCUT2D eigenvalue weighted by molar-refractivity contribution is -0.121. The van der Waals surface area contributed by atoms with Crippen LogP contribution in [0.2, 0.25) is 0 Å². The second-order valence-electron chi connectivity index (χ2n) is 7.18. The van der Waals surface area contributed by atoms with E-state index in [2.05, 4.69) is 12.0 Å². The number of hydrogen-bond acceptors (Lipinski definition) is 6. The molecule has 0 fully saturated rings. The molecule has 0 atom stereocenters. The summed E-state index contributed by atoms with van der Waals surface area (Å²) in [4.78, 5) is 39.5. The first kappa shape index (κ1) is 22.7. The van der Waals surface area contributed by atoms with Gasteiger partial charge >= 0.3 is 5.97 Å². The van der Waals surface area contributed by atoms with Crippen LogP contribution in [0, 0.1) is 11.3 Å². The third-order valence-electron chi connectivity index (χ3n) is 4.96. The molecule has 32 heavy (non-hydrogen) atoms. The number of nitriles is 1. The van der Waals surface area contributed by atoms with E-state index in [4.69, 9.17) is 10.00 Å². The SMILES string of the molecule is CCCCCn1nc(C(=O)OCC(=O)N(CC#N)c2ccccc2)c2ccccc2c1=O. The van der Waals surface area contributed by atoms with Gasteiger partial charge in [0, 0.05) is 17.6 Å². The molecule has 0 saturated heterocycles. The third kappa shape index (κ3) is 5.19. The van der Waals surface area contributed by atoms with Crippen molar-refractivity contribution in [1.82, 2.24) is 9.78 Å². The molecule has 0 bridgehead atoms. The first-order valence-corrected chi connectivity index (χ1v) is 10.5. The summed E-state index contributed by atoms with van der Waals surface area (Å²) in [5.41, 5.74) is 0.243. The Hall–Kier alpha value is -3.99. The number of amides is 1. The smallest absolute Gasteiger partial charge is 0.359 e. The van der Waals surface area contributed by atoms with Crippen LogP contribution in [0.5, 0.6) is 0 Å². The topological polar surface area (TPSA) is 105 Å². The first-order valence-electron chi connectivity index (χ1n) is 10.5. The molecule has 8 nitrogen and oxygen atoms in total. The van der Waals surface area contributed by atoms with Gasteiger partial charge in [-0.25, -0.2) is 9.48 Å². The Morgan fingerprint density at radius 2 is 1.75 bits per heavy atom. The van der Waals surface area contributed by atoms with Crippen LogP contribution in [0.15, 0.2) is 59.4 Å². The molecule has 0 unspecified atom stereocenters. The van der Waals surface area contributed by atoms with Gasteiger partial charge in [-0.1, -0.05) is 56.2 Å². The fourth-order valence-electron chi connectivity index (χ4n) is 3.32. The number of unbranched alkanes of at least 4 members (excludes halogenated alkanes) is 2. The highest BCUT2D eigenvalue weighted by Crippen LogP contribution is 2.16. The number of ether oxygens (including phenoxy) is 1. The molecule has 0 spiro atoms. The summed E-state index contributed by atoms with van der Waals surface area (Å²) in [6, 6.07) is 17.3. The monoisotopic (exact) mass is 432 g/mol. The molecule has 0 aliphatic heterocycles. The Morgan fingerprint density at radius 1 is 1.06 bits per heavy atom. The van der Waals surface area contributed by atoms with Gasteiger partial charge in [-0.2, -0.15) is 10.4 Å². The molecular formula is C24H24N4O4. The maximum atomic E-state index is 12.8. The van der Waals surface area contributed by atoms with Crippen LogP contribution in [0.3, 0.4) is 0 Å². The number of carbonyl (C=O) groups is 2. The number of para-hydroxylation sites is 1. The van der Waals surface area contributed by atoms with Crippen LogP contribution in [-0.4, -0.2) is 34.8 Å². The van der Waals surface area contributed by atoms with Crippen molar-refractivity contribution in [3.8, 4) is 6.07 Å². The summed E-state index contributed by atoms with van der Waals surface area (Å²) in [6.45, 7) is 1.71. The van der Waals surface area contributed by atoms with Crippen molar-refractivity contribution in [2.45, 2.75) is 32.7 Å². The van der Waals surface area contributed by atoms with Crippen LogP contribution in [0.4, 0.5) is 5.69 Å². The van der Waals surface area contributed by atoms with Crippen molar-refractivity contribution in [3.63, 3.8) is 0 Å². The second-order valence-corrected chi connectivity index (χ2v) is 7.18. The number of esters is 1. The summed E-state index contributed by atoms with van der Waals surface area (Å²) < 4.78 is 6.53. The second kappa shape index (κ2) is 10.9. The molecule has 3 aromatic rings. The summed E-state index contributed by atoms with van der Waals surface area (Å²) >= 11 is 0. The van der Waals surface area contributed by atoms with Crippen LogP contribution >= 0.6 is 0 Å². The minimum Gasteiger partial charge on any atom is -0.451 e. The average Bonchev–Trinajstić information content (AvgIpc) is 2.83. The zero-order valence-corrected chi connectivity index (χ0v) is 17.9. The highest BCUT2D eigenvalue weighted by Gasteiger charge is 2.21. The van der Waals surface area contributed by atoms with Crippen LogP contribution in [0.1, 0.15) is 36.7 Å². The third-order valence-corrected chi connectivity index (χ3v) is 4.96. The number of carbonyl (C=O) groups excluding carboxylic acids is 2. The van der Waals surface area contributed by atoms with Gasteiger partial charge in [0.05, 0.1) is 11.5 Å². The Bertz CT molecular complexity index is 1200. The lowest BCUT2D eigenvalue weighted by atomic mass is 10.1. The number of nitrogens with zero attached hydrogens (tertiary/aromatic N) is 4. The van der Waals surface area contributed by atoms with E-state index >= 15 is 0 Å². The van der Waals surface area contributed by atoms with Crippen LogP contribution in [-0.2, 0) is 16.1 Å². The molecule has 1 heterocycles. The van der Waals surface area contributed by atoms with Crippen molar-refractivity contribution in [2.75, 3.05) is 18.1 Å². The normalized spacial score (nSPS) is 10.5. The zero-order chi connectivity index (χ0) is 22.9. The summed E-state index contributed by atoms with van der Waals surface area (Å²) in [6.07, 6.45) is 2.68. The van der Waals surface area contributed by atoms with E-state index in [-0.39, 0.29) is 17.8 Å². The molecule has 164 valence electrons. The number of fused-ring (bicyclic) bond motifs is 1. The summed E-state index contributed by atoms with van der Waals surface area (Å²) in [5.74, 6) is -1.34. The molecule has 8 heteroatoms. The van der Waals surface area contributed by atoms with Gasteiger partial charge < -0.3 is 4.74 Å². The van der Waals surface area contributed by atoms with Crippen LogP contribution in [0.25, 0.3) is 10.8 Å². The molecule has 0 saturated carbocycles. The largest absolute Gasteiger partial charge is 0.451 e. The van der Waals surface area contributed by atoms with Crippen molar-refractivity contribution in [1.29, 1.82) is 5.26 Å². The average molecular weight is 432 g/mol. The molecule has 0 aliphatic carbocycles. The highest BCUT2D eigenvalue weighted by atomic mass is 16.5. The van der Waals surface area contributed by atoms with E-state index in [1.807, 2.05) is 6.07 Å². The minimum absolute atomic E-state index is 0.0176.